The number of fused-ring (bicyclic) bond motifs is 1. The molecule has 0 spiro atoms. The molecular formula is C23H23N3O3S2. The molecule has 0 unspecified atom stereocenters. The minimum Gasteiger partial charge on any atom is -0.488 e. The normalized spacial score (nSPS) is 11.4. The van der Waals surface area contributed by atoms with E-state index < -0.39 is 0 Å². The topological polar surface area (TPSA) is 87.8 Å². The van der Waals surface area contributed by atoms with E-state index in [-0.39, 0.29) is 11.0 Å². The predicted molar refractivity (Wildman–Crippen MR) is 127 cm³/mol. The predicted octanol–water partition coefficient (Wildman–Crippen LogP) is 4.98. The summed E-state index contributed by atoms with van der Waals surface area (Å²) in [5.74, 6) is 1.14. The molecule has 1 aromatic carbocycles. The molecule has 0 aliphatic heterocycles. The van der Waals surface area contributed by atoms with Gasteiger partial charge in [-0.1, -0.05) is 55.9 Å². The van der Waals surface area contributed by atoms with Crippen LogP contribution < -0.4 is 15.7 Å². The molecule has 0 aliphatic carbocycles. The molecule has 3 aromatic heterocycles. The van der Waals surface area contributed by atoms with Crippen LogP contribution in [0.25, 0.3) is 21.3 Å². The lowest BCUT2D eigenvalue weighted by atomic mass is 10.0. The van der Waals surface area contributed by atoms with E-state index in [0.29, 0.717) is 39.4 Å². The fourth-order valence-corrected chi connectivity index (χ4v) is 5.10. The maximum absolute atomic E-state index is 12.9. The first-order valence-electron chi connectivity index (χ1n) is 9.98. The average Bonchev–Trinajstić information content (AvgIpc) is 3.08. The van der Waals surface area contributed by atoms with E-state index in [9.17, 15) is 9.59 Å². The monoisotopic (exact) mass is 453 g/mol. The van der Waals surface area contributed by atoms with Gasteiger partial charge in [-0.15, -0.1) is 11.3 Å². The zero-order chi connectivity index (χ0) is 22.0. The van der Waals surface area contributed by atoms with Crippen LogP contribution in [0.1, 0.15) is 24.4 Å². The summed E-state index contributed by atoms with van der Waals surface area (Å²) in [6, 6.07) is 11.4. The minimum atomic E-state index is -0.159. The highest BCUT2D eigenvalue weighted by Crippen LogP contribution is 2.36. The van der Waals surface area contributed by atoms with Gasteiger partial charge in [-0.3, -0.25) is 9.59 Å². The number of thioether (sulfide) groups is 1. The molecule has 31 heavy (non-hydrogen) atoms. The zero-order valence-electron chi connectivity index (χ0n) is 17.5. The van der Waals surface area contributed by atoms with Gasteiger partial charge in [0.15, 0.2) is 10.9 Å². The Labute approximate surface area is 187 Å². The number of thiophene rings is 1. The molecule has 4 aromatic rings. The Kier molecular flexibility index (Phi) is 6.29. The van der Waals surface area contributed by atoms with Crippen molar-refractivity contribution in [1.29, 1.82) is 0 Å². The molecule has 0 amide bonds. The van der Waals surface area contributed by atoms with Crippen LogP contribution in [0.15, 0.2) is 57.3 Å². The number of nitrogens with zero attached hydrogens (tertiary/aromatic N) is 1. The van der Waals surface area contributed by atoms with E-state index in [2.05, 4.69) is 15.0 Å². The zero-order valence-corrected chi connectivity index (χ0v) is 19.2. The summed E-state index contributed by atoms with van der Waals surface area (Å²) in [5, 5.41) is 1.15. The summed E-state index contributed by atoms with van der Waals surface area (Å²) in [7, 11) is 0. The van der Waals surface area contributed by atoms with Crippen molar-refractivity contribution in [3.8, 4) is 16.9 Å². The van der Waals surface area contributed by atoms with Crippen molar-refractivity contribution < 1.29 is 4.74 Å². The van der Waals surface area contributed by atoms with Crippen LogP contribution in [0.3, 0.4) is 0 Å². The van der Waals surface area contributed by atoms with Crippen LogP contribution in [-0.4, -0.2) is 21.6 Å². The van der Waals surface area contributed by atoms with Gasteiger partial charge in [-0.05, 0) is 18.4 Å². The molecule has 160 valence electrons. The highest BCUT2D eigenvalue weighted by atomic mass is 32.2. The first-order chi connectivity index (χ1) is 14.9. The third-order valence-corrected chi connectivity index (χ3v) is 6.57. The molecule has 0 saturated carbocycles. The maximum atomic E-state index is 12.9. The fourth-order valence-electron chi connectivity index (χ4n) is 3.22. The molecule has 0 bridgehead atoms. The van der Waals surface area contributed by atoms with Gasteiger partial charge in [0, 0.05) is 34.2 Å². The van der Waals surface area contributed by atoms with Crippen molar-refractivity contribution in [2.45, 2.75) is 31.7 Å². The highest BCUT2D eigenvalue weighted by Gasteiger charge is 2.16. The standard InChI is InChI=1S/C23H23N3O3S2/c1-13(2)11-29-18-10-24-16(9-17(18)27)12-30-23-25-21(28)20-19(14(3)31-22(20)26-23)15-7-5-4-6-8-15/h4-10,13H,11-12H2,1-3H3,(H,24,27)(H,25,26,28). The van der Waals surface area contributed by atoms with Crippen molar-refractivity contribution >= 4 is 33.3 Å². The Morgan fingerprint density at radius 2 is 1.97 bits per heavy atom. The number of hydrogen-bond acceptors (Lipinski definition) is 6. The van der Waals surface area contributed by atoms with Crippen molar-refractivity contribution in [3.05, 3.63) is 73.7 Å². The van der Waals surface area contributed by atoms with Gasteiger partial charge in [0.25, 0.3) is 5.56 Å². The summed E-state index contributed by atoms with van der Waals surface area (Å²) in [4.78, 5) is 37.5. The number of pyridine rings is 1. The second kappa shape index (κ2) is 9.11. The van der Waals surface area contributed by atoms with Crippen LogP contribution in [0.2, 0.25) is 0 Å². The van der Waals surface area contributed by atoms with E-state index in [4.69, 9.17) is 4.74 Å². The minimum absolute atomic E-state index is 0.151. The highest BCUT2D eigenvalue weighted by molar-refractivity contribution is 7.98. The first-order valence-corrected chi connectivity index (χ1v) is 11.8. The Morgan fingerprint density at radius 3 is 2.68 bits per heavy atom. The van der Waals surface area contributed by atoms with Gasteiger partial charge < -0.3 is 14.7 Å². The molecule has 0 saturated heterocycles. The molecule has 8 heteroatoms. The van der Waals surface area contributed by atoms with Crippen molar-refractivity contribution in [3.63, 3.8) is 0 Å². The number of benzene rings is 1. The lowest BCUT2D eigenvalue weighted by molar-refractivity contribution is 0.268. The molecule has 4 rings (SSSR count). The quantitative estimate of drug-likeness (QED) is 0.304. The van der Waals surface area contributed by atoms with Gasteiger partial charge in [0.1, 0.15) is 4.83 Å². The molecule has 0 atom stereocenters. The van der Waals surface area contributed by atoms with E-state index in [0.717, 1.165) is 21.7 Å². The van der Waals surface area contributed by atoms with E-state index >= 15 is 0 Å². The number of aromatic amines is 2. The summed E-state index contributed by atoms with van der Waals surface area (Å²) >= 11 is 2.89. The third kappa shape index (κ3) is 4.75. The van der Waals surface area contributed by atoms with Crippen molar-refractivity contribution in [1.82, 2.24) is 15.0 Å². The Bertz CT molecular complexity index is 1320. The molecule has 2 N–H and O–H groups in total. The summed E-state index contributed by atoms with van der Waals surface area (Å²) in [6.45, 7) is 6.56. The van der Waals surface area contributed by atoms with Crippen LogP contribution in [-0.2, 0) is 5.75 Å². The lowest BCUT2D eigenvalue weighted by Crippen LogP contribution is -2.13. The van der Waals surface area contributed by atoms with E-state index in [1.54, 1.807) is 6.20 Å². The number of nitrogens with one attached hydrogen (secondary N) is 2. The van der Waals surface area contributed by atoms with E-state index in [1.165, 1.54) is 29.2 Å². The molecule has 3 heterocycles. The second-order valence-corrected chi connectivity index (χ2v) is 9.80. The Morgan fingerprint density at radius 1 is 1.19 bits per heavy atom. The molecule has 0 fully saturated rings. The van der Waals surface area contributed by atoms with Gasteiger partial charge in [-0.25, -0.2) is 4.98 Å². The van der Waals surface area contributed by atoms with Crippen molar-refractivity contribution in [2.24, 2.45) is 5.92 Å². The smallest absolute Gasteiger partial charge is 0.260 e. The Hall–Kier alpha value is -2.84. The number of aryl methyl sites for hydroxylation is 1. The molecular weight excluding hydrogens is 430 g/mol. The average molecular weight is 454 g/mol. The van der Waals surface area contributed by atoms with Gasteiger partial charge in [0.05, 0.1) is 12.0 Å². The van der Waals surface area contributed by atoms with Crippen molar-refractivity contribution in [2.75, 3.05) is 6.61 Å². The summed E-state index contributed by atoms with van der Waals surface area (Å²) < 4.78 is 5.52. The number of aromatic nitrogens is 3. The van der Waals surface area contributed by atoms with Crippen LogP contribution in [0, 0.1) is 12.8 Å². The molecule has 0 radical (unpaired) electrons. The lowest BCUT2D eigenvalue weighted by Gasteiger charge is -2.08. The number of ether oxygens (including phenoxy) is 1. The van der Waals surface area contributed by atoms with Gasteiger partial charge in [0.2, 0.25) is 5.43 Å². The Balaban J connectivity index is 1.56. The second-order valence-electron chi connectivity index (χ2n) is 7.63. The maximum Gasteiger partial charge on any atom is 0.260 e. The number of rotatable bonds is 7. The van der Waals surface area contributed by atoms with Crippen LogP contribution >= 0.6 is 23.1 Å². The largest absolute Gasteiger partial charge is 0.488 e. The fraction of sp³-hybridized carbons (Fsp3) is 0.261. The van der Waals surface area contributed by atoms with Gasteiger partial charge >= 0.3 is 0 Å². The molecule has 6 nitrogen and oxygen atoms in total. The third-order valence-electron chi connectivity index (χ3n) is 4.65. The first kappa shape index (κ1) is 21.4. The number of hydrogen-bond donors (Lipinski definition) is 2. The van der Waals surface area contributed by atoms with Gasteiger partial charge in [-0.2, -0.15) is 0 Å². The summed E-state index contributed by atoms with van der Waals surface area (Å²) in [6.07, 6.45) is 1.59. The van der Waals surface area contributed by atoms with Crippen LogP contribution in [0.4, 0.5) is 0 Å². The van der Waals surface area contributed by atoms with E-state index in [1.807, 2.05) is 51.1 Å². The molecule has 0 aliphatic rings. The number of H-pyrrole nitrogens is 2. The summed E-state index contributed by atoms with van der Waals surface area (Å²) in [5.41, 5.74) is 2.38. The van der Waals surface area contributed by atoms with Crippen LogP contribution in [0.5, 0.6) is 5.75 Å². The SMILES string of the molecule is Cc1sc2nc(SCc3cc(=O)c(OCC(C)C)c[nH]3)[nH]c(=O)c2c1-c1ccccc1.